The van der Waals surface area contributed by atoms with Gasteiger partial charge in [-0.15, -0.1) is 0 Å². The van der Waals surface area contributed by atoms with Crippen LogP contribution < -0.4 is 5.73 Å². The van der Waals surface area contributed by atoms with Crippen molar-refractivity contribution in [1.29, 1.82) is 0 Å². The molecule has 7 heteroatoms. The average Bonchev–Trinajstić information content (AvgIpc) is 2.75. The molecule has 0 bridgehead atoms. The molecular weight excluding hydrogens is 248 g/mol. The van der Waals surface area contributed by atoms with Gasteiger partial charge in [0.2, 0.25) is 0 Å². The number of rotatable bonds is 4. The summed E-state index contributed by atoms with van der Waals surface area (Å²) >= 11 is 0. The molecule has 2 aromatic rings. The Hall–Kier alpha value is -2.70. The Labute approximate surface area is 108 Å². The first-order valence-corrected chi connectivity index (χ1v) is 5.64. The normalized spacial score (nSPS) is 10.4. The first kappa shape index (κ1) is 12.7. The lowest BCUT2D eigenvalue weighted by Crippen LogP contribution is -2.02. The summed E-state index contributed by atoms with van der Waals surface area (Å²) in [7, 11) is 0. The molecule has 0 amide bonds. The zero-order valence-electron chi connectivity index (χ0n) is 10.2. The van der Waals surface area contributed by atoms with E-state index in [1.165, 1.54) is 16.8 Å². The number of carbonyl (C=O) groups is 1. The molecule has 0 aliphatic rings. The molecule has 0 aliphatic carbocycles. The second-order valence-corrected chi connectivity index (χ2v) is 3.89. The topological polar surface area (TPSA) is 104 Å². The van der Waals surface area contributed by atoms with Gasteiger partial charge in [0.1, 0.15) is 11.5 Å². The van der Waals surface area contributed by atoms with Gasteiger partial charge < -0.3 is 5.73 Å². The highest BCUT2D eigenvalue weighted by Crippen LogP contribution is 2.27. The van der Waals surface area contributed by atoms with Gasteiger partial charge in [0.15, 0.2) is 6.29 Å². The summed E-state index contributed by atoms with van der Waals surface area (Å²) < 4.78 is 1.51. The van der Waals surface area contributed by atoms with Gasteiger partial charge in [0.05, 0.1) is 10.5 Å². The molecule has 0 radical (unpaired) electrons. The number of carbonyl (C=O) groups excluding carboxylic acids is 1. The summed E-state index contributed by atoms with van der Waals surface area (Å²) in [4.78, 5) is 21.2. The Morgan fingerprint density at radius 3 is 2.53 bits per heavy atom. The Bertz CT molecular complexity index is 631. The largest absolute Gasteiger partial charge is 0.383 e. The van der Waals surface area contributed by atoms with Gasteiger partial charge in [0, 0.05) is 24.2 Å². The summed E-state index contributed by atoms with van der Waals surface area (Å²) in [5.41, 5.74) is 7.14. The molecule has 1 aromatic carbocycles. The van der Waals surface area contributed by atoms with Crippen molar-refractivity contribution in [2.45, 2.75) is 13.5 Å². The summed E-state index contributed by atoms with van der Waals surface area (Å²) in [5, 5.41) is 14.8. The van der Waals surface area contributed by atoms with Crippen LogP contribution in [0.1, 0.15) is 17.3 Å². The molecule has 0 spiro atoms. The standard InChI is InChI=1S/C12H12N4O3/c1-2-15-12(13)10(7-17)11(14-15)8-3-5-9(6-4-8)16(18)19/h3-7H,2,13H2,1H3. The van der Waals surface area contributed by atoms with E-state index >= 15 is 0 Å². The van der Waals surface area contributed by atoms with E-state index in [1.807, 2.05) is 6.92 Å². The van der Waals surface area contributed by atoms with Crippen molar-refractivity contribution in [3.8, 4) is 11.3 Å². The van der Waals surface area contributed by atoms with Crippen LogP contribution in [0.25, 0.3) is 11.3 Å². The van der Waals surface area contributed by atoms with E-state index in [-0.39, 0.29) is 5.69 Å². The van der Waals surface area contributed by atoms with Crippen molar-refractivity contribution < 1.29 is 9.72 Å². The second-order valence-electron chi connectivity index (χ2n) is 3.89. The minimum absolute atomic E-state index is 0.0145. The summed E-state index contributed by atoms with van der Waals surface area (Å²) in [5.74, 6) is 0.297. The van der Waals surface area contributed by atoms with E-state index in [9.17, 15) is 14.9 Å². The SMILES string of the molecule is CCn1nc(-c2ccc([N+](=O)[O-])cc2)c(C=O)c1N. The predicted octanol–water partition coefficient (Wildman–Crippen LogP) is 1.87. The molecule has 19 heavy (non-hydrogen) atoms. The number of non-ortho nitro benzene ring substituents is 1. The monoisotopic (exact) mass is 260 g/mol. The van der Waals surface area contributed by atoms with Crippen LogP contribution in [0.3, 0.4) is 0 Å². The molecule has 1 heterocycles. The number of benzene rings is 1. The number of aldehydes is 1. The molecule has 1 aromatic heterocycles. The third-order valence-electron chi connectivity index (χ3n) is 2.80. The van der Waals surface area contributed by atoms with Gasteiger partial charge in [-0.05, 0) is 19.1 Å². The number of nitro groups is 1. The highest BCUT2D eigenvalue weighted by Gasteiger charge is 2.16. The van der Waals surface area contributed by atoms with E-state index in [1.54, 1.807) is 12.1 Å². The van der Waals surface area contributed by atoms with Crippen LogP contribution in [0.15, 0.2) is 24.3 Å². The Kier molecular flexibility index (Phi) is 3.28. The number of nitrogens with zero attached hydrogens (tertiary/aromatic N) is 3. The van der Waals surface area contributed by atoms with Crippen LogP contribution in [-0.4, -0.2) is 21.0 Å². The number of nitro benzene ring substituents is 1. The van der Waals surface area contributed by atoms with Crippen LogP contribution in [-0.2, 0) is 6.54 Å². The molecule has 0 saturated heterocycles. The molecule has 0 aliphatic heterocycles. The first-order valence-electron chi connectivity index (χ1n) is 5.64. The zero-order chi connectivity index (χ0) is 14.0. The lowest BCUT2D eigenvalue weighted by molar-refractivity contribution is -0.384. The number of hydrogen-bond donors (Lipinski definition) is 1. The quantitative estimate of drug-likeness (QED) is 0.513. The van der Waals surface area contributed by atoms with Crippen LogP contribution >= 0.6 is 0 Å². The molecule has 0 saturated carbocycles. The second kappa shape index (κ2) is 4.89. The van der Waals surface area contributed by atoms with Gasteiger partial charge in [-0.3, -0.25) is 14.9 Å². The first-order chi connectivity index (χ1) is 9.08. The molecule has 0 unspecified atom stereocenters. The number of anilines is 1. The molecular formula is C12H12N4O3. The fraction of sp³-hybridized carbons (Fsp3) is 0.167. The Morgan fingerprint density at radius 1 is 1.42 bits per heavy atom. The molecule has 2 rings (SSSR count). The maximum atomic E-state index is 11.1. The summed E-state index contributed by atoms with van der Waals surface area (Å²) in [6.45, 7) is 2.40. The van der Waals surface area contributed by atoms with Crippen molar-refractivity contribution >= 4 is 17.8 Å². The third kappa shape index (κ3) is 2.17. The fourth-order valence-electron chi connectivity index (χ4n) is 1.80. The number of aromatic nitrogens is 2. The van der Waals surface area contributed by atoms with Crippen molar-refractivity contribution in [3.63, 3.8) is 0 Å². The van der Waals surface area contributed by atoms with Crippen molar-refractivity contribution in [2.75, 3.05) is 5.73 Å². The van der Waals surface area contributed by atoms with E-state index in [0.717, 1.165) is 0 Å². The number of nitrogen functional groups attached to an aromatic ring is 1. The van der Waals surface area contributed by atoms with Crippen LogP contribution in [0.4, 0.5) is 11.5 Å². The van der Waals surface area contributed by atoms with Gasteiger partial charge in [-0.2, -0.15) is 5.10 Å². The molecule has 98 valence electrons. The van der Waals surface area contributed by atoms with Crippen molar-refractivity contribution in [3.05, 3.63) is 39.9 Å². The van der Waals surface area contributed by atoms with Crippen molar-refractivity contribution in [1.82, 2.24) is 9.78 Å². The Morgan fingerprint density at radius 2 is 2.05 bits per heavy atom. The lowest BCUT2D eigenvalue weighted by Gasteiger charge is -1.97. The van der Waals surface area contributed by atoms with Crippen LogP contribution in [0, 0.1) is 10.1 Å². The van der Waals surface area contributed by atoms with Gasteiger partial charge in [-0.1, -0.05) is 0 Å². The highest BCUT2D eigenvalue weighted by molar-refractivity contribution is 5.91. The number of aryl methyl sites for hydroxylation is 1. The van der Waals surface area contributed by atoms with E-state index < -0.39 is 4.92 Å². The lowest BCUT2D eigenvalue weighted by atomic mass is 10.1. The Balaban J connectivity index is 2.52. The summed E-state index contributed by atoms with van der Waals surface area (Å²) in [6, 6.07) is 5.83. The van der Waals surface area contributed by atoms with Crippen LogP contribution in [0.2, 0.25) is 0 Å². The van der Waals surface area contributed by atoms with E-state index in [2.05, 4.69) is 5.10 Å². The molecule has 0 fully saturated rings. The van der Waals surface area contributed by atoms with Crippen LogP contribution in [0.5, 0.6) is 0 Å². The number of hydrogen-bond acceptors (Lipinski definition) is 5. The predicted molar refractivity (Wildman–Crippen MR) is 69.8 cm³/mol. The van der Waals surface area contributed by atoms with Gasteiger partial charge in [0.25, 0.3) is 5.69 Å². The molecule has 0 atom stereocenters. The fourth-order valence-corrected chi connectivity index (χ4v) is 1.80. The van der Waals surface area contributed by atoms with E-state index in [4.69, 9.17) is 5.73 Å². The maximum absolute atomic E-state index is 11.1. The molecule has 2 N–H and O–H groups in total. The minimum Gasteiger partial charge on any atom is -0.383 e. The third-order valence-corrected chi connectivity index (χ3v) is 2.80. The van der Waals surface area contributed by atoms with E-state index in [0.29, 0.717) is 35.5 Å². The summed E-state index contributed by atoms with van der Waals surface area (Å²) in [6.07, 6.45) is 0.644. The van der Waals surface area contributed by atoms with Gasteiger partial charge >= 0.3 is 0 Å². The maximum Gasteiger partial charge on any atom is 0.269 e. The smallest absolute Gasteiger partial charge is 0.269 e. The van der Waals surface area contributed by atoms with Gasteiger partial charge in [-0.25, -0.2) is 4.68 Å². The average molecular weight is 260 g/mol. The molecule has 7 nitrogen and oxygen atoms in total. The van der Waals surface area contributed by atoms with Crippen molar-refractivity contribution in [2.24, 2.45) is 0 Å². The minimum atomic E-state index is -0.483. The zero-order valence-corrected chi connectivity index (χ0v) is 10.2. The highest BCUT2D eigenvalue weighted by atomic mass is 16.6. The number of nitrogens with two attached hydrogens (primary N) is 1.